The lowest BCUT2D eigenvalue weighted by atomic mass is 10.0. The van der Waals surface area contributed by atoms with Crippen LogP contribution in [-0.2, 0) is 9.84 Å². The normalized spacial score (nSPS) is 11.4. The highest BCUT2D eigenvalue weighted by atomic mass is 32.2. The lowest BCUT2D eigenvalue weighted by Crippen LogP contribution is -2.04. The van der Waals surface area contributed by atoms with Gasteiger partial charge in [-0.1, -0.05) is 6.07 Å². The average molecular weight is 354 g/mol. The van der Waals surface area contributed by atoms with E-state index < -0.39 is 9.84 Å². The van der Waals surface area contributed by atoms with Gasteiger partial charge in [0.1, 0.15) is 0 Å². The van der Waals surface area contributed by atoms with Crippen molar-refractivity contribution in [3.8, 4) is 11.1 Å². The summed E-state index contributed by atoms with van der Waals surface area (Å²) in [6.45, 7) is 3.68. The Morgan fingerprint density at radius 1 is 0.840 bits per heavy atom. The number of hydrogen-bond acceptors (Lipinski definition) is 6. The average Bonchev–Trinajstić information content (AvgIpc) is 2.58. The molecular weight excluding hydrogens is 336 g/mol. The molecule has 0 amide bonds. The first kappa shape index (κ1) is 16.9. The third kappa shape index (κ3) is 3.18. The molecule has 0 saturated carbocycles. The maximum Gasteiger partial charge on any atom is 0.219 e. The zero-order valence-electron chi connectivity index (χ0n) is 13.9. The molecule has 0 atom stereocenters. The molecule has 1 heterocycles. The minimum atomic E-state index is -3.65. The van der Waals surface area contributed by atoms with Crippen molar-refractivity contribution in [2.24, 2.45) is 0 Å². The van der Waals surface area contributed by atoms with Crippen molar-refractivity contribution in [2.75, 3.05) is 11.5 Å². The molecule has 25 heavy (non-hydrogen) atoms. The van der Waals surface area contributed by atoms with Crippen molar-refractivity contribution in [3.63, 3.8) is 0 Å². The number of sulfone groups is 1. The van der Waals surface area contributed by atoms with Gasteiger partial charge in [0.15, 0.2) is 0 Å². The molecule has 4 N–H and O–H groups in total. The highest BCUT2D eigenvalue weighted by molar-refractivity contribution is 7.91. The predicted molar refractivity (Wildman–Crippen MR) is 97.7 cm³/mol. The molecule has 128 valence electrons. The lowest BCUT2D eigenvalue weighted by Gasteiger charge is -2.11. The van der Waals surface area contributed by atoms with Crippen LogP contribution in [0.2, 0.25) is 0 Å². The first-order chi connectivity index (χ1) is 11.8. The van der Waals surface area contributed by atoms with Crippen molar-refractivity contribution < 1.29 is 8.42 Å². The SMILES string of the molecule is Cc1cc(S(=O)(=O)c2ccc(C)c(-c3cnc(N)nc3)c2)ccc1N. The van der Waals surface area contributed by atoms with Gasteiger partial charge in [0.05, 0.1) is 9.79 Å². The van der Waals surface area contributed by atoms with Crippen LogP contribution in [0.4, 0.5) is 11.6 Å². The summed E-state index contributed by atoms with van der Waals surface area (Å²) in [5.41, 5.74) is 14.9. The molecule has 1 aromatic heterocycles. The van der Waals surface area contributed by atoms with Gasteiger partial charge in [0.2, 0.25) is 15.8 Å². The van der Waals surface area contributed by atoms with Crippen molar-refractivity contribution >= 4 is 21.5 Å². The molecule has 0 saturated heterocycles. The number of anilines is 2. The molecule has 0 radical (unpaired) electrons. The van der Waals surface area contributed by atoms with Gasteiger partial charge in [-0.15, -0.1) is 0 Å². The monoisotopic (exact) mass is 354 g/mol. The Morgan fingerprint density at radius 2 is 1.44 bits per heavy atom. The third-order valence-corrected chi connectivity index (χ3v) is 5.80. The van der Waals surface area contributed by atoms with E-state index in [1.54, 1.807) is 49.6 Å². The van der Waals surface area contributed by atoms with Gasteiger partial charge in [0, 0.05) is 23.6 Å². The molecule has 0 fully saturated rings. The molecule has 0 aliphatic heterocycles. The molecule has 3 rings (SSSR count). The minimum absolute atomic E-state index is 0.169. The number of aromatic nitrogens is 2. The van der Waals surface area contributed by atoms with E-state index in [1.165, 1.54) is 6.07 Å². The van der Waals surface area contributed by atoms with E-state index in [2.05, 4.69) is 9.97 Å². The molecule has 0 aliphatic carbocycles. The Labute approximate surface area is 146 Å². The van der Waals surface area contributed by atoms with Crippen LogP contribution in [0.3, 0.4) is 0 Å². The molecule has 2 aromatic carbocycles. The van der Waals surface area contributed by atoms with Crippen LogP contribution < -0.4 is 11.5 Å². The molecule has 0 spiro atoms. The zero-order valence-corrected chi connectivity index (χ0v) is 14.7. The van der Waals surface area contributed by atoms with Crippen molar-refractivity contribution in [1.29, 1.82) is 0 Å². The van der Waals surface area contributed by atoms with Crippen LogP contribution in [0.1, 0.15) is 11.1 Å². The summed E-state index contributed by atoms with van der Waals surface area (Å²) < 4.78 is 25.9. The van der Waals surface area contributed by atoms with Gasteiger partial charge in [-0.25, -0.2) is 18.4 Å². The summed E-state index contributed by atoms with van der Waals surface area (Å²) in [4.78, 5) is 8.36. The molecule has 0 bridgehead atoms. The maximum atomic E-state index is 13.0. The Hall–Kier alpha value is -2.93. The fourth-order valence-electron chi connectivity index (χ4n) is 2.51. The van der Waals surface area contributed by atoms with E-state index in [-0.39, 0.29) is 15.7 Å². The highest BCUT2D eigenvalue weighted by Crippen LogP contribution is 2.29. The van der Waals surface area contributed by atoms with Gasteiger partial charge in [-0.3, -0.25) is 0 Å². The molecule has 6 nitrogen and oxygen atoms in total. The van der Waals surface area contributed by atoms with Crippen LogP contribution in [0.25, 0.3) is 11.1 Å². The highest BCUT2D eigenvalue weighted by Gasteiger charge is 2.19. The Bertz CT molecular complexity index is 1050. The van der Waals surface area contributed by atoms with Crippen molar-refractivity contribution in [2.45, 2.75) is 23.6 Å². The second-order valence-electron chi connectivity index (χ2n) is 5.83. The number of nitrogens with two attached hydrogens (primary N) is 2. The van der Waals surface area contributed by atoms with Crippen LogP contribution in [-0.4, -0.2) is 18.4 Å². The van der Waals surface area contributed by atoms with Crippen LogP contribution in [0, 0.1) is 13.8 Å². The Balaban J connectivity index is 2.12. The summed E-state index contributed by atoms with van der Waals surface area (Å²) in [6, 6.07) is 9.69. The summed E-state index contributed by atoms with van der Waals surface area (Å²) >= 11 is 0. The number of nitrogens with zero attached hydrogens (tertiary/aromatic N) is 2. The number of hydrogen-bond donors (Lipinski definition) is 2. The molecule has 3 aromatic rings. The zero-order chi connectivity index (χ0) is 18.2. The summed E-state index contributed by atoms with van der Waals surface area (Å²) in [5, 5.41) is 0. The van der Waals surface area contributed by atoms with Crippen LogP contribution >= 0.6 is 0 Å². The second-order valence-corrected chi connectivity index (χ2v) is 7.78. The third-order valence-electron chi connectivity index (χ3n) is 4.05. The first-order valence-electron chi connectivity index (χ1n) is 7.59. The van der Waals surface area contributed by atoms with Gasteiger partial charge in [-0.05, 0) is 60.9 Å². The van der Waals surface area contributed by atoms with Crippen molar-refractivity contribution in [1.82, 2.24) is 9.97 Å². The number of rotatable bonds is 3. The summed E-state index contributed by atoms with van der Waals surface area (Å²) in [7, 11) is -3.65. The largest absolute Gasteiger partial charge is 0.399 e. The minimum Gasteiger partial charge on any atom is -0.399 e. The maximum absolute atomic E-state index is 13.0. The van der Waals surface area contributed by atoms with Crippen LogP contribution in [0.5, 0.6) is 0 Å². The standard InChI is InChI=1S/C18H18N4O2S/c1-11-3-4-15(8-16(11)13-9-21-18(20)22-10-13)25(23,24)14-5-6-17(19)12(2)7-14/h3-10H,19H2,1-2H3,(H2,20,21,22). The van der Waals surface area contributed by atoms with E-state index in [0.717, 1.165) is 16.7 Å². The lowest BCUT2D eigenvalue weighted by molar-refractivity contribution is 0.596. The Kier molecular flexibility index (Phi) is 4.18. The summed E-state index contributed by atoms with van der Waals surface area (Å²) in [5.74, 6) is 0.169. The Morgan fingerprint density at radius 3 is 2.08 bits per heavy atom. The number of benzene rings is 2. The fourth-order valence-corrected chi connectivity index (χ4v) is 3.88. The van der Waals surface area contributed by atoms with Gasteiger partial charge >= 0.3 is 0 Å². The summed E-state index contributed by atoms with van der Waals surface area (Å²) in [6.07, 6.45) is 3.16. The molecule has 7 heteroatoms. The fraction of sp³-hybridized carbons (Fsp3) is 0.111. The van der Waals surface area contributed by atoms with E-state index in [4.69, 9.17) is 11.5 Å². The second kappa shape index (κ2) is 6.18. The first-order valence-corrected chi connectivity index (χ1v) is 9.07. The number of aryl methyl sites for hydroxylation is 2. The van der Waals surface area contributed by atoms with E-state index in [1.807, 2.05) is 6.92 Å². The van der Waals surface area contributed by atoms with E-state index >= 15 is 0 Å². The van der Waals surface area contributed by atoms with Gasteiger partial charge in [-0.2, -0.15) is 0 Å². The van der Waals surface area contributed by atoms with Crippen LogP contribution in [0.15, 0.2) is 58.6 Å². The van der Waals surface area contributed by atoms with Gasteiger partial charge in [0.25, 0.3) is 0 Å². The van der Waals surface area contributed by atoms with Crippen molar-refractivity contribution in [3.05, 3.63) is 59.9 Å². The van der Waals surface area contributed by atoms with Gasteiger partial charge < -0.3 is 11.5 Å². The smallest absolute Gasteiger partial charge is 0.219 e. The molecule has 0 aliphatic rings. The van der Waals surface area contributed by atoms with E-state index in [0.29, 0.717) is 11.3 Å². The molecule has 0 unspecified atom stereocenters. The molecular formula is C18H18N4O2S. The topological polar surface area (TPSA) is 112 Å². The van der Waals surface area contributed by atoms with E-state index in [9.17, 15) is 8.42 Å². The quantitative estimate of drug-likeness (QED) is 0.699. The predicted octanol–water partition coefficient (Wildman–Crippen LogP) is 2.76. The number of nitrogen functional groups attached to an aromatic ring is 2.